The lowest BCUT2D eigenvalue weighted by atomic mass is 10.2. The second-order valence-electron chi connectivity index (χ2n) is 2.39. The summed E-state index contributed by atoms with van der Waals surface area (Å²) in [5.74, 6) is -1.04. The Morgan fingerprint density at radius 3 is 3.08 bits per heavy atom. The maximum Gasteiger partial charge on any atom is 0.321 e. The van der Waals surface area contributed by atoms with E-state index in [1.807, 2.05) is 0 Å². The van der Waals surface area contributed by atoms with Crippen molar-refractivity contribution in [2.75, 3.05) is 0 Å². The summed E-state index contributed by atoms with van der Waals surface area (Å²) < 4.78 is 10.1. The highest BCUT2D eigenvalue weighted by Gasteiger charge is 2.17. The van der Waals surface area contributed by atoms with Gasteiger partial charge in [-0.25, -0.2) is 10.1 Å². The summed E-state index contributed by atoms with van der Waals surface area (Å²) in [4.78, 5) is 17.1. The van der Waals surface area contributed by atoms with Gasteiger partial charge in [0, 0.05) is 18.3 Å². The molecule has 0 bridgehead atoms. The van der Waals surface area contributed by atoms with Crippen LogP contribution in [0.5, 0.6) is 0 Å². The largest absolute Gasteiger partial charge is 0.480 e. The van der Waals surface area contributed by atoms with E-state index in [2.05, 4.69) is 15.1 Å². The van der Waals surface area contributed by atoms with Gasteiger partial charge in [-0.3, -0.25) is 9.36 Å². The number of hydrogen-bond donors (Lipinski definition) is 3. The molecule has 0 aromatic carbocycles. The lowest BCUT2D eigenvalue weighted by Gasteiger charge is -2.06. The summed E-state index contributed by atoms with van der Waals surface area (Å²) in [6.07, 6.45) is 3.22. The molecular formula is C6H8N3O3P. The van der Waals surface area contributed by atoms with E-state index < -0.39 is 12.0 Å². The maximum atomic E-state index is 10.6. The van der Waals surface area contributed by atoms with Crippen LogP contribution in [0, 0.1) is 0 Å². The minimum Gasteiger partial charge on any atom is -0.480 e. The number of carbonyl (C=O) groups is 1. The highest BCUT2D eigenvalue weighted by atomic mass is 31.1. The molecule has 3 N–H and O–H groups in total. The fourth-order valence-corrected chi connectivity index (χ4v) is 1.20. The monoisotopic (exact) mass is 201 g/mol. The van der Waals surface area contributed by atoms with Gasteiger partial charge in [0.15, 0.2) is 0 Å². The number of carboxylic acid groups (broad SMARTS) is 1. The second-order valence-corrected chi connectivity index (χ2v) is 2.83. The molecule has 7 heteroatoms. The van der Waals surface area contributed by atoms with E-state index in [0.717, 1.165) is 0 Å². The lowest BCUT2D eigenvalue weighted by molar-refractivity contribution is -0.138. The summed E-state index contributed by atoms with van der Waals surface area (Å²) in [5.41, 5.74) is 0.684. The van der Waals surface area contributed by atoms with Gasteiger partial charge < -0.3 is 10.1 Å². The number of aromatic nitrogens is 2. The third kappa shape index (κ3) is 2.93. The summed E-state index contributed by atoms with van der Waals surface area (Å²) >= 11 is 0. The van der Waals surface area contributed by atoms with Crippen LogP contribution in [0.1, 0.15) is 5.69 Å². The minimum absolute atomic E-state index is 0.227. The third-order valence-corrected chi connectivity index (χ3v) is 1.90. The van der Waals surface area contributed by atoms with Gasteiger partial charge >= 0.3 is 5.97 Å². The number of nitrogens with one attached hydrogen (secondary N) is 2. The number of imidazole rings is 1. The van der Waals surface area contributed by atoms with Crippen LogP contribution in [-0.4, -0.2) is 27.1 Å². The Morgan fingerprint density at radius 1 is 1.85 bits per heavy atom. The number of nitrogens with zero attached hydrogens (tertiary/aromatic N) is 1. The number of aliphatic carboxylic acids is 1. The van der Waals surface area contributed by atoms with Gasteiger partial charge in [-0.05, 0) is 0 Å². The van der Waals surface area contributed by atoms with Crippen molar-refractivity contribution in [1.29, 1.82) is 0 Å². The summed E-state index contributed by atoms with van der Waals surface area (Å²) in [6, 6.07) is -0.861. The number of aromatic amines is 1. The molecule has 0 aliphatic carbocycles. The number of hydrogen-bond acceptors (Lipinski definition) is 3. The normalized spacial score (nSPS) is 12.9. The third-order valence-electron chi connectivity index (χ3n) is 1.49. The fraction of sp³-hybridized carbons (Fsp3) is 0.333. The molecule has 1 aromatic rings. The first-order chi connectivity index (χ1) is 6.24. The van der Waals surface area contributed by atoms with Crippen molar-refractivity contribution in [3.05, 3.63) is 18.2 Å². The number of rotatable bonds is 5. The Hall–Kier alpha value is -1.26. The van der Waals surface area contributed by atoms with Crippen molar-refractivity contribution in [3.8, 4) is 0 Å². The van der Waals surface area contributed by atoms with Gasteiger partial charge in [0.2, 0.25) is 8.61 Å². The van der Waals surface area contributed by atoms with E-state index in [0.29, 0.717) is 5.69 Å². The Morgan fingerprint density at radius 2 is 2.62 bits per heavy atom. The first-order valence-electron chi connectivity index (χ1n) is 3.52. The maximum absolute atomic E-state index is 10.6. The first-order valence-corrected chi connectivity index (χ1v) is 4.33. The van der Waals surface area contributed by atoms with Crippen LogP contribution in [0.2, 0.25) is 0 Å². The van der Waals surface area contributed by atoms with Crippen molar-refractivity contribution >= 4 is 14.6 Å². The molecule has 70 valence electrons. The van der Waals surface area contributed by atoms with Crippen LogP contribution in [0.3, 0.4) is 0 Å². The van der Waals surface area contributed by atoms with E-state index in [1.165, 1.54) is 12.5 Å². The molecule has 0 saturated carbocycles. The molecule has 0 spiro atoms. The van der Waals surface area contributed by atoms with E-state index in [1.54, 1.807) is 0 Å². The van der Waals surface area contributed by atoms with Crippen LogP contribution < -0.4 is 5.09 Å². The Balaban J connectivity index is 2.57. The molecule has 0 aliphatic rings. The quantitative estimate of drug-likeness (QED) is 0.591. The van der Waals surface area contributed by atoms with E-state index >= 15 is 0 Å². The summed E-state index contributed by atoms with van der Waals surface area (Å²) in [5, 5.41) is 11.0. The van der Waals surface area contributed by atoms with Crippen molar-refractivity contribution in [2.45, 2.75) is 12.5 Å². The standard InChI is InChI=1S/C6H8N3O3P/c10-6(11)5(9-13-12)1-4-2-7-3-8-4/h2-3,5H,1H2,(H,7,8)(H,9,12)(H,10,11). The van der Waals surface area contributed by atoms with Crippen molar-refractivity contribution in [3.63, 3.8) is 0 Å². The smallest absolute Gasteiger partial charge is 0.321 e. The molecule has 1 aromatic heterocycles. The molecule has 0 amide bonds. The molecule has 1 rings (SSSR count). The molecular weight excluding hydrogens is 193 g/mol. The Bertz CT molecular complexity index is 287. The van der Waals surface area contributed by atoms with Gasteiger partial charge in [-0.15, -0.1) is 0 Å². The predicted octanol–water partition coefficient (Wildman–Crippen LogP) is 0.202. The summed E-state index contributed by atoms with van der Waals surface area (Å²) in [7, 11) is -0.389. The van der Waals surface area contributed by atoms with Crippen LogP contribution in [0.15, 0.2) is 12.5 Å². The van der Waals surface area contributed by atoms with E-state index in [-0.39, 0.29) is 15.0 Å². The Labute approximate surface area is 75.6 Å². The first kappa shape index (κ1) is 9.83. The number of carboxylic acids is 1. The topological polar surface area (TPSA) is 95.1 Å². The zero-order valence-corrected chi connectivity index (χ0v) is 7.49. The molecule has 0 saturated heterocycles. The van der Waals surface area contributed by atoms with E-state index in [4.69, 9.17) is 5.11 Å². The van der Waals surface area contributed by atoms with Crippen molar-refractivity contribution < 1.29 is 14.5 Å². The molecule has 0 aliphatic heterocycles. The highest BCUT2D eigenvalue weighted by molar-refractivity contribution is 7.21. The van der Waals surface area contributed by atoms with Gasteiger partial charge in [0.05, 0.1) is 6.33 Å². The van der Waals surface area contributed by atoms with Gasteiger partial charge in [0.1, 0.15) is 6.04 Å². The summed E-state index contributed by atoms with van der Waals surface area (Å²) in [6.45, 7) is 0. The minimum atomic E-state index is -1.04. The average Bonchev–Trinajstić information content (AvgIpc) is 2.56. The molecule has 6 nitrogen and oxygen atoms in total. The lowest BCUT2D eigenvalue weighted by Crippen LogP contribution is -2.32. The average molecular weight is 201 g/mol. The van der Waals surface area contributed by atoms with Crippen LogP contribution in [0.4, 0.5) is 0 Å². The zero-order valence-electron chi connectivity index (χ0n) is 6.60. The van der Waals surface area contributed by atoms with Crippen LogP contribution in [0.25, 0.3) is 0 Å². The molecule has 13 heavy (non-hydrogen) atoms. The number of H-pyrrole nitrogens is 1. The SMILES string of the molecule is O=PNC(Cc1cnc[nH]1)C(=O)O. The fourth-order valence-electron chi connectivity index (χ4n) is 0.868. The van der Waals surface area contributed by atoms with Crippen LogP contribution >= 0.6 is 8.61 Å². The molecule has 1 unspecified atom stereocenters. The van der Waals surface area contributed by atoms with Crippen molar-refractivity contribution in [1.82, 2.24) is 15.1 Å². The molecule has 0 fully saturated rings. The molecule has 1 heterocycles. The highest BCUT2D eigenvalue weighted by Crippen LogP contribution is 2.01. The van der Waals surface area contributed by atoms with Crippen molar-refractivity contribution in [2.24, 2.45) is 0 Å². The second kappa shape index (κ2) is 4.69. The van der Waals surface area contributed by atoms with E-state index in [9.17, 15) is 9.36 Å². The van der Waals surface area contributed by atoms with Crippen LogP contribution in [-0.2, 0) is 15.8 Å². The van der Waals surface area contributed by atoms with Gasteiger partial charge in [-0.2, -0.15) is 0 Å². The molecule has 0 radical (unpaired) electrons. The predicted molar refractivity (Wildman–Crippen MR) is 44.5 cm³/mol. The van der Waals surface area contributed by atoms with Gasteiger partial charge in [0.25, 0.3) is 0 Å². The zero-order chi connectivity index (χ0) is 9.68. The molecule has 1 atom stereocenters. The van der Waals surface area contributed by atoms with Gasteiger partial charge in [-0.1, -0.05) is 0 Å². The Kier molecular flexibility index (Phi) is 3.54.